The van der Waals surface area contributed by atoms with Crippen LogP contribution in [0.15, 0.2) is 34.2 Å². The molecular formula is C19H23N3O4S. The second kappa shape index (κ2) is 8.56. The van der Waals surface area contributed by atoms with Crippen molar-refractivity contribution < 1.29 is 14.3 Å². The van der Waals surface area contributed by atoms with Gasteiger partial charge in [0.25, 0.3) is 5.56 Å². The van der Waals surface area contributed by atoms with Crippen LogP contribution in [0.1, 0.15) is 32.6 Å². The number of esters is 1. The summed E-state index contributed by atoms with van der Waals surface area (Å²) in [6.07, 6.45) is 4.28. The van der Waals surface area contributed by atoms with Crippen LogP contribution in [0.2, 0.25) is 0 Å². The number of rotatable bonds is 6. The van der Waals surface area contributed by atoms with Gasteiger partial charge < -0.3 is 10.1 Å². The van der Waals surface area contributed by atoms with Gasteiger partial charge in [-0.2, -0.15) is 0 Å². The molecule has 1 aliphatic rings. The quantitative estimate of drug-likeness (QED) is 0.462. The minimum absolute atomic E-state index is 0.0843. The van der Waals surface area contributed by atoms with E-state index in [9.17, 15) is 14.4 Å². The molecule has 1 atom stereocenters. The number of ether oxygens (including phenoxy) is 1. The van der Waals surface area contributed by atoms with Crippen molar-refractivity contribution in [2.24, 2.45) is 0 Å². The molecule has 1 N–H and O–H groups in total. The lowest BCUT2D eigenvalue weighted by atomic mass is 10.2. The van der Waals surface area contributed by atoms with Crippen LogP contribution in [0.4, 0.5) is 0 Å². The van der Waals surface area contributed by atoms with E-state index in [4.69, 9.17) is 4.74 Å². The van der Waals surface area contributed by atoms with E-state index in [0.29, 0.717) is 16.1 Å². The highest BCUT2D eigenvalue weighted by atomic mass is 32.2. The summed E-state index contributed by atoms with van der Waals surface area (Å²) in [6.45, 7) is 1.53. The van der Waals surface area contributed by atoms with Crippen molar-refractivity contribution in [1.82, 2.24) is 14.9 Å². The normalized spacial score (nSPS) is 15.6. The molecule has 1 amide bonds. The Kier molecular flexibility index (Phi) is 6.15. The fourth-order valence-corrected chi connectivity index (χ4v) is 4.09. The number of benzene rings is 1. The van der Waals surface area contributed by atoms with Gasteiger partial charge in [0.15, 0.2) is 5.16 Å². The van der Waals surface area contributed by atoms with E-state index >= 15 is 0 Å². The number of thioether (sulfide) groups is 1. The largest absolute Gasteiger partial charge is 0.468 e. The van der Waals surface area contributed by atoms with Crippen LogP contribution in [0.5, 0.6) is 0 Å². The van der Waals surface area contributed by atoms with E-state index in [-0.39, 0.29) is 24.1 Å². The zero-order valence-corrected chi connectivity index (χ0v) is 16.3. The highest BCUT2D eigenvalue weighted by Gasteiger charge is 2.24. The summed E-state index contributed by atoms with van der Waals surface area (Å²) in [5.74, 6) is -0.627. The van der Waals surface area contributed by atoms with Gasteiger partial charge in [0.2, 0.25) is 5.91 Å². The molecule has 3 rings (SSSR count). The Bertz CT molecular complexity index is 905. The van der Waals surface area contributed by atoms with Gasteiger partial charge in [-0.3, -0.25) is 19.0 Å². The SMILES string of the molecule is COC(=O)Cn1c(SC(C)C(=O)NC2CCCC2)nc2ccccc2c1=O. The van der Waals surface area contributed by atoms with E-state index < -0.39 is 11.2 Å². The second-order valence-corrected chi connectivity index (χ2v) is 7.94. The summed E-state index contributed by atoms with van der Waals surface area (Å²) >= 11 is 1.18. The van der Waals surface area contributed by atoms with E-state index in [1.54, 1.807) is 31.2 Å². The minimum Gasteiger partial charge on any atom is -0.468 e. The molecule has 2 aromatic rings. The maximum absolute atomic E-state index is 12.8. The Hall–Kier alpha value is -2.35. The van der Waals surface area contributed by atoms with E-state index in [1.807, 2.05) is 0 Å². The monoisotopic (exact) mass is 389 g/mol. The standard InChI is InChI=1S/C19H23N3O4S/c1-12(17(24)20-13-7-3-4-8-13)27-19-21-15-10-6-5-9-14(15)18(25)22(19)11-16(23)26-2/h5-6,9-10,12-13H,3-4,7-8,11H2,1-2H3,(H,20,24). The van der Waals surface area contributed by atoms with Crippen LogP contribution in [-0.4, -0.2) is 39.8 Å². The summed E-state index contributed by atoms with van der Waals surface area (Å²) in [5.41, 5.74) is 0.214. The number of para-hydroxylation sites is 1. The Balaban J connectivity index is 1.89. The molecular weight excluding hydrogens is 366 g/mol. The fourth-order valence-electron chi connectivity index (χ4n) is 3.17. The lowest BCUT2D eigenvalue weighted by molar-refractivity contribution is -0.141. The molecule has 0 radical (unpaired) electrons. The Morgan fingerprint density at radius 2 is 2.04 bits per heavy atom. The number of fused-ring (bicyclic) bond motifs is 1. The molecule has 1 heterocycles. The van der Waals surface area contributed by atoms with Crippen molar-refractivity contribution in [2.75, 3.05) is 7.11 Å². The fraction of sp³-hybridized carbons (Fsp3) is 0.474. The molecule has 0 spiro atoms. The molecule has 0 bridgehead atoms. The van der Waals surface area contributed by atoms with Crippen molar-refractivity contribution in [3.63, 3.8) is 0 Å². The van der Waals surface area contributed by atoms with Crippen LogP contribution in [-0.2, 0) is 20.9 Å². The predicted molar refractivity (Wildman–Crippen MR) is 104 cm³/mol. The van der Waals surface area contributed by atoms with Gasteiger partial charge in [0.1, 0.15) is 6.54 Å². The number of nitrogens with one attached hydrogen (secondary N) is 1. The van der Waals surface area contributed by atoms with E-state index in [0.717, 1.165) is 25.7 Å². The Labute approximate surface area is 161 Å². The molecule has 0 saturated heterocycles. The minimum atomic E-state index is -0.543. The van der Waals surface area contributed by atoms with Gasteiger partial charge >= 0.3 is 5.97 Å². The number of carbonyl (C=O) groups excluding carboxylic acids is 2. The van der Waals surface area contributed by atoms with Gasteiger partial charge in [0.05, 0.1) is 23.3 Å². The zero-order valence-electron chi connectivity index (χ0n) is 15.4. The average Bonchev–Trinajstić information content (AvgIpc) is 3.17. The molecule has 1 aliphatic carbocycles. The highest BCUT2D eigenvalue weighted by molar-refractivity contribution is 8.00. The van der Waals surface area contributed by atoms with Gasteiger partial charge in [-0.05, 0) is 31.9 Å². The predicted octanol–water partition coefficient (Wildman–Crippen LogP) is 2.11. The van der Waals surface area contributed by atoms with E-state index in [2.05, 4.69) is 10.3 Å². The number of amides is 1. The third-order valence-electron chi connectivity index (χ3n) is 4.69. The number of methoxy groups -OCH3 is 1. The third kappa shape index (κ3) is 4.50. The Morgan fingerprint density at radius 3 is 2.74 bits per heavy atom. The number of carbonyl (C=O) groups is 2. The molecule has 1 unspecified atom stereocenters. The van der Waals surface area contributed by atoms with Crippen LogP contribution < -0.4 is 10.9 Å². The maximum atomic E-state index is 12.8. The first-order valence-corrected chi connectivity index (χ1v) is 9.91. The first-order chi connectivity index (χ1) is 13.0. The van der Waals surface area contributed by atoms with Gasteiger partial charge in [-0.25, -0.2) is 4.98 Å². The zero-order chi connectivity index (χ0) is 19.4. The molecule has 0 aliphatic heterocycles. The van der Waals surface area contributed by atoms with Gasteiger partial charge in [-0.1, -0.05) is 36.7 Å². The van der Waals surface area contributed by atoms with Crippen molar-refractivity contribution in [3.8, 4) is 0 Å². The molecule has 8 heteroatoms. The number of aromatic nitrogens is 2. The highest BCUT2D eigenvalue weighted by Crippen LogP contribution is 2.24. The van der Waals surface area contributed by atoms with Crippen molar-refractivity contribution in [2.45, 2.75) is 55.6 Å². The lowest BCUT2D eigenvalue weighted by Crippen LogP contribution is -2.38. The van der Waals surface area contributed by atoms with E-state index in [1.165, 1.54) is 23.4 Å². The third-order valence-corrected chi connectivity index (χ3v) is 5.78. The molecule has 1 aromatic heterocycles. The molecule has 1 fully saturated rings. The Morgan fingerprint density at radius 1 is 1.33 bits per heavy atom. The average molecular weight is 389 g/mol. The number of hydrogen-bond acceptors (Lipinski definition) is 6. The second-order valence-electron chi connectivity index (χ2n) is 6.63. The lowest BCUT2D eigenvalue weighted by Gasteiger charge is -2.18. The van der Waals surface area contributed by atoms with Gasteiger partial charge in [0, 0.05) is 6.04 Å². The molecule has 27 heavy (non-hydrogen) atoms. The first-order valence-electron chi connectivity index (χ1n) is 9.03. The summed E-state index contributed by atoms with van der Waals surface area (Å²) in [7, 11) is 1.27. The van der Waals surface area contributed by atoms with Crippen molar-refractivity contribution >= 4 is 34.5 Å². The topological polar surface area (TPSA) is 90.3 Å². The maximum Gasteiger partial charge on any atom is 0.325 e. The molecule has 1 aromatic carbocycles. The summed E-state index contributed by atoms with van der Waals surface area (Å²) in [6, 6.07) is 7.18. The van der Waals surface area contributed by atoms with Crippen LogP contribution >= 0.6 is 11.8 Å². The van der Waals surface area contributed by atoms with Crippen molar-refractivity contribution in [1.29, 1.82) is 0 Å². The number of nitrogens with zero attached hydrogens (tertiary/aromatic N) is 2. The van der Waals surface area contributed by atoms with Crippen LogP contribution in [0, 0.1) is 0 Å². The summed E-state index contributed by atoms with van der Waals surface area (Å²) < 4.78 is 5.98. The summed E-state index contributed by atoms with van der Waals surface area (Å²) in [4.78, 5) is 41.6. The number of hydrogen-bond donors (Lipinski definition) is 1. The van der Waals surface area contributed by atoms with Crippen molar-refractivity contribution in [3.05, 3.63) is 34.6 Å². The molecule has 7 nitrogen and oxygen atoms in total. The van der Waals surface area contributed by atoms with Gasteiger partial charge in [-0.15, -0.1) is 0 Å². The van der Waals surface area contributed by atoms with Crippen LogP contribution in [0.25, 0.3) is 10.9 Å². The first kappa shape index (κ1) is 19.4. The van der Waals surface area contributed by atoms with Crippen LogP contribution in [0.3, 0.4) is 0 Å². The summed E-state index contributed by atoms with van der Waals surface area (Å²) in [5, 5.41) is 3.37. The molecule has 144 valence electrons. The molecule has 1 saturated carbocycles. The smallest absolute Gasteiger partial charge is 0.325 e.